The Labute approximate surface area is 113 Å². The van der Waals surface area contributed by atoms with Gasteiger partial charge in [0.1, 0.15) is 5.15 Å². The molecule has 1 aromatic carbocycles. The molecular formula is C12H9ClN4S. The van der Waals surface area contributed by atoms with E-state index in [1.165, 1.54) is 4.90 Å². The molecule has 0 N–H and O–H groups in total. The predicted molar refractivity (Wildman–Crippen MR) is 73.0 cm³/mol. The first-order valence-corrected chi connectivity index (χ1v) is 6.89. The Balaban J connectivity index is 2.18. The third kappa shape index (κ3) is 1.85. The van der Waals surface area contributed by atoms with Gasteiger partial charge in [0.15, 0.2) is 11.5 Å². The van der Waals surface area contributed by atoms with Crippen molar-refractivity contribution >= 4 is 29.0 Å². The van der Waals surface area contributed by atoms with E-state index >= 15 is 0 Å². The number of aromatic nitrogens is 4. The molecule has 0 saturated heterocycles. The highest BCUT2D eigenvalue weighted by Crippen LogP contribution is 2.24. The zero-order valence-electron chi connectivity index (χ0n) is 9.54. The summed E-state index contributed by atoms with van der Waals surface area (Å²) in [4.78, 5) is 5.20. The lowest BCUT2D eigenvalue weighted by molar-refractivity contribution is 1.11. The van der Waals surface area contributed by atoms with Gasteiger partial charge in [-0.25, -0.2) is 0 Å². The fourth-order valence-electron chi connectivity index (χ4n) is 1.74. The van der Waals surface area contributed by atoms with Crippen molar-refractivity contribution in [2.24, 2.45) is 0 Å². The third-order valence-electron chi connectivity index (χ3n) is 2.62. The minimum absolute atomic E-state index is 0.501. The monoisotopic (exact) mass is 276 g/mol. The van der Waals surface area contributed by atoms with Gasteiger partial charge in [0, 0.05) is 10.5 Å². The van der Waals surface area contributed by atoms with Crippen LogP contribution >= 0.6 is 23.4 Å². The first-order valence-electron chi connectivity index (χ1n) is 5.28. The Hall–Kier alpha value is -1.59. The summed E-state index contributed by atoms with van der Waals surface area (Å²) in [5.41, 5.74) is 1.62. The third-order valence-corrected chi connectivity index (χ3v) is 3.63. The summed E-state index contributed by atoms with van der Waals surface area (Å²) < 4.78 is 1.78. The Morgan fingerprint density at radius 2 is 1.89 bits per heavy atom. The van der Waals surface area contributed by atoms with Crippen LogP contribution in [0.15, 0.2) is 41.6 Å². The molecule has 0 radical (unpaired) electrons. The van der Waals surface area contributed by atoms with Gasteiger partial charge in [-0.3, -0.25) is 9.38 Å². The first kappa shape index (κ1) is 11.5. The number of benzene rings is 1. The maximum absolute atomic E-state index is 6.13. The average Bonchev–Trinajstić information content (AvgIpc) is 2.84. The maximum atomic E-state index is 6.13. The van der Waals surface area contributed by atoms with Crippen LogP contribution in [-0.4, -0.2) is 25.8 Å². The average molecular weight is 277 g/mol. The summed E-state index contributed by atoms with van der Waals surface area (Å²) in [6.45, 7) is 0. The van der Waals surface area contributed by atoms with Crippen LogP contribution < -0.4 is 0 Å². The molecule has 18 heavy (non-hydrogen) atoms. The Morgan fingerprint density at radius 1 is 1.11 bits per heavy atom. The molecule has 2 aromatic heterocycles. The number of thioether (sulfide) groups is 1. The van der Waals surface area contributed by atoms with E-state index in [1.807, 2.05) is 18.4 Å². The lowest BCUT2D eigenvalue weighted by atomic mass is 10.2. The van der Waals surface area contributed by atoms with Crippen LogP contribution in [0.4, 0.5) is 0 Å². The van der Waals surface area contributed by atoms with Crippen molar-refractivity contribution in [1.82, 2.24) is 19.6 Å². The number of nitrogens with zero attached hydrogens (tertiary/aromatic N) is 4. The van der Waals surface area contributed by atoms with E-state index in [4.69, 9.17) is 11.6 Å². The number of fused-ring (bicyclic) bond motifs is 1. The molecule has 0 unspecified atom stereocenters. The van der Waals surface area contributed by atoms with Gasteiger partial charge in [-0.15, -0.1) is 22.0 Å². The van der Waals surface area contributed by atoms with Gasteiger partial charge >= 0.3 is 0 Å². The SMILES string of the molecule is CSc1ccc(-c2nnc3cncc(Cl)n23)cc1. The molecule has 3 rings (SSSR count). The van der Waals surface area contributed by atoms with Gasteiger partial charge in [-0.2, -0.15) is 0 Å². The van der Waals surface area contributed by atoms with E-state index in [0.717, 1.165) is 11.4 Å². The number of halogens is 1. The predicted octanol–water partition coefficient (Wildman–Crippen LogP) is 3.17. The molecule has 2 heterocycles. The maximum Gasteiger partial charge on any atom is 0.180 e. The van der Waals surface area contributed by atoms with Crippen molar-refractivity contribution in [3.63, 3.8) is 0 Å². The molecule has 0 bridgehead atoms. The lowest BCUT2D eigenvalue weighted by Gasteiger charge is -2.02. The molecule has 0 spiro atoms. The molecular weight excluding hydrogens is 268 g/mol. The van der Waals surface area contributed by atoms with Gasteiger partial charge in [0.05, 0.1) is 12.4 Å². The van der Waals surface area contributed by atoms with Crippen LogP contribution in [0.25, 0.3) is 17.0 Å². The van der Waals surface area contributed by atoms with E-state index in [9.17, 15) is 0 Å². The van der Waals surface area contributed by atoms with Crippen LogP contribution in [0.2, 0.25) is 5.15 Å². The summed E-state index contributed by atoms with van der Waals surface area (Å²) in [6.07, 6.45) is 5.26. The lowest BCUT2D eigenvalue weighted by Crippen LogP contribution is -1.92. The highest BCUT2D eigenvalue weighted by atomic mass is 35.5. The summed E-state index contributed by atoms with van der Waals surface area (Å²) >= 11 is 7.83. The molecule has 0 saturated carbocycles. The summed E-state index contributed by atoms with van der Waals surface area (Å²) in [5.74, 6) is 0.727. The van der Waals surface area contributed by atoms with E-state index in [0.29, 0.717) is 10.8 Å². The van der Waals surface area contributed by atoms with Gasteiger partial charge in [0.25, 0.3) is 0 Å². The van der Waals surface area contributed by atoms with E-state index in [1.54, 1.807) is 28.6 Å². The van der Waals surface area contributed by atoms with Crippen LogP contribution in [0.3, 0.4) is 0 Å². The molecule has 0 atom stereocenters. The zero-order chi connectivity index (χ0) is 12.5. The smallest absolute Gasteiger partial charge is 0.180 e. The van der Waals surface area contributed by atoms with Crippen molar-refractivity contribution in [1.29, 1.82) is 0 Å². The first-order chi connectivity index (χ1) is 8.79. The molecule has 0 aliphatic rings. The quantitative estimate of drug-likeness (QED) is 0.674. The van der Waals surface area contributed by atoms with E-state index in [2.05, 4.69) is 27.3 Å². The molecule has 0 fully saturated rings. The zero-order valence-corrected chi connectivity index (χ0v) is 11.1. The fraction of sp³-hybridized carbons (Fsp3) is 0.0833. The summed E-state index contributed by atoms with van der Waals surface area (Å²) in [6, 6.07) is 8.13. The minimum Gasteiger partial charge on any atom is -0.262 e. The fourth-order valence-corrected chi connectivity index (χ4v) is 2.37. The topological polar surface area (TPSA) is 43.1 Å². The second-order valence-corrected chi connectivity index (χ2v) is 4.94. The van der Waals surface area contributed by atoms with Crippen molar-refractivity contribution in [3.05, 3.63) is 41.8 Å². The van der Waals surface area contributed by atoms with E-state index < -0.39 is 0 Å². The van der Waals surface area contributed by atoms with Crippen LogP contribution in [0.1, 0.15) is 0 Å². The van der Waals surface area contributed by atoms with Crippen molar-refractivity contribution in [2.45, 2.75) is 4.90 Å². The molecule has 0 aliphatic carbocycles. The molecule has 4 nitrogen and oxygen atoms in total. The standard InChI is InChI=1S/C12H9ClN4S/c1-18-9-4-2-8(3-5-9)12-16-15-11-7-14-6-10(13)17(11)12/h2-7H,1H3. The van der Waals surface area contributed by atoms with Crippen molar-refractivity contribution < 1.29 is 0 Å². The normalized spacial score (nSPS) is 11.0. The van der Waals surface area contributed by atoms with Gasteiger partial charge in [-0.1, -0.05) is 23.7 Å². The second-order valence-electron chi connectivity index (χ2n) is 3.68. The largest absolute Gasteiger partial charge is 0.262 e. The van der Waals surface area contributed by atoms with Gasteiger partial charge in [0.2, 0.25) is 0 Å². The Morgan fingerprint density at radius 3 is 2.61 bits per heavy atom. The molecule has 0 amide bonds. The van der Waals surface area contributed by atoms with Crippen molar-refractivity contribution in [2.75, 3.05) is 6.26 Å². The summed E-state index contributed by atoms with van der Waals surface area (Å²) in [5, 5.41) is 8.72. The van der Waals surface area contributed by atoms with Gasteiger partial charge in [-0.05, 0) is 18.4 Å². The molecule has 0 aliphatic heterocycles. The second kappa shape index (κ2) is 4.59. The number of hydrogen-bond donors (Lipinski definition) is 0. The highest BCUT2D eigenvalue weighted by molar-refractivity contribution is 7.98. The number of hydrogen-bond acceptors (Lipinski definition) is 4. The van der Waals surface area contributed by atoms with E-state index in [-0.39, 0.29) is 0 Å². The highest BCUT2D eigenvalue weighted by Gasteiger charge is 2.10. The summed E-state index contributed by atoms with van der Waals surface area (Å²) in [7, 11) is 0. The van der Waals surface area contributed by atoms with Crippen LogP contribution in [-0.2, 0) is 0 Å². The Bertz CT molecular complexity index is 693. The van der Waals surface area contributed by atoms with Crippen LogP contribution in [0, 0.1) is 0 Å². The minimum atomic E-state index is 0.501. The molecule has 3 aromatic rings. The number of rotatable bonds is 2. The van der Waals surface area contributed by atoms with Gasteiger partial charge < -0.3 is 0 Å². The molecule has 6 heteroatoms. The van der Waals surface area contributed by atoms with Crippen LogP contribution in [0.5, 0.6) is 0 Å². The van der Waals surface area contributed by atoms with Crippen molar-refractivity contribution in [3.8, 4) is 11.4 Å². The Kier molecular flexibility index (Phi) is 2.93. The molecule has 90 valence electrons.